The number of para-hydroxylation sites is 1. The highest BCUT2D eigenvalue weighted by atomic mass is 35.5. The summed E-state index contributed by atoms with van der Waals surface area (Å²) in [5.74, 6) is -0.0384. The smallest absolute Gasteiger partial charge is 0.336 e. The van der Waals surface area contributed by atoms with E-state index in [-0.39, 0.29) is 19.0 Å². The third kappa shape index (κ3) is 4.68. The van der Waals surface area contributed by atoms with Crippen molar-refractivity contribution >= 4 is 23.4 Å². The number of carbonyl (C=O) groups is 2. The van der Waals surface area contributed by atoms with Crippen LogP contribution in [0.5, 0.6) is 11.5 Å². The van der Waals surface area contributed by atoms with Gasteiger partial charge in [-0.2, -0.15) is 0 Å². The lowest BCUT2D eigenvalue weighted by Gasteiger charge is -2.38. The van der Waals surface area contributed by atoms with Crippen molar-refractivity contribution in [3.8, 4) is 11.5 Å². The highest BCUT2D eigenvalue weighted by Crippen LogP contribution is 2.44. The van der Waals surface area contributed by atoms with Crippen LogP contribution in [0.3, 0.4) is 0 Å². The minimum absolute atomic E-state index is 0.106. The van der Waals surface area contributed by atoms with E-state index in [0.29, 0.717) is 40.6 Å². The molecular formula is C27H28ClNO5. The van der Waals surface area contributed by atoms with Crippen molar-refractivity contribution in [1.29, 1.82) is 0 Å². The third-order valence-corrected chi connectivity index (χ3v) is 6.51. The molecule has 2 unspecified atom stereocenters. The molecule has 2 atom stereocenters. The second kappa shape index (κ2) is 10.3. The molecule has 0 bridgehead atoms. The molecule has 0 radical (unpaired) electrons. The van der Waals surface area contributed by atoms with E-state index in [4.69, 9.17) is 25.8 Å². The van der Waals surface area contributed by atoms with Crippen LogP contribution in [0.15, 0.2) is 65.5 Å². The Morgan fingerprint density at radius 1 is 1.15 bits per heavy atom. The number of methoxy groups -OCH3 is 1. The molecule has 0 saturated heterocycles. The summed E-state index contributed by atoms with van der Waals surface area (Å²) in [6.45, 7) is 4.08. The van der Waals surface area contributed by atoms with E-state index in [9.17, 15) is 9.59 Å². The first-order chi connectivity index (χ1) is 16.4. The fourth-order valence-electron chi connectivity index (χ4n) is 4.67. The van der Waals surface area contributed by atoms with Crippen LogP contribution in [0.2, 0.25) is 5.02 Å². The van der Waals surface area contributed by atoms with E-state index >= 15 is 0 Å². The SMILES string of the molecule is CCOC(=O)C1=C(C)NC2=CCCC(=O)C2C1c1ccc(OC)c(COc2ccccc2Cl)c1. The van der Waals surface area contributed by atoms with Crippen molar-refractivity contribution in [1.82, 2.24) is 5.32 Å². The summed E-state index contributed by atoms with van der Waals surface area (Å²) >= 11 is 6.24. The zero-order valence-corrected chi connectivity index (χ0v) is 20.3. The maximum Gasteiger partial charge on any atom is 0.336 e. The van der Waals surface area contributed by atoms with Crippen LogP contribution in [0, 0.1) is 5.92 Å². The molecule has 2 aromatic carbocycles. The Labute approximate surface area is 204 Å². The monoisotopic (exact) mass is 481 g/mol. The first-order valence-electron chi connectivity index (χ1n) is 11.4. The zero-order chi connectivity index (χ0) is 24.2. The van der Waals surface area contributed by atoms with Crippen molar-refractivity contribution in [2.75, 3.05) is 13.7 Å². The second-order valence-corrected chi connectivity index (χ2v) is 8.70. The molecule has 2 aromatic rings. The van der Waals surface area contributed by atoms with Gasteiger partial charge in [-0.3, -0.25) is 4.79 Å². The fourth-order valence-corrected chi connectivity index (χ4v) is 4.86. The summed E-state index contributed by atoms with van der Waals surface area (Å²) in [7, 11) is 1.60. The zero-order valence-electron chi connectivity index (χ0n) is 19.5. The molecule has 0 fully saturated rings. The minimum Gasteiger partial charge on any atom is -0.496 e. The molecule has 6 nitrogen and oxygen atoms in total. The van der Waals surface area contributed by atoms with Crippen LogP contribution in [-0.4, -0.2) is 25.5 Å². The van der Waals surface area contributed by atoms with Crippen molar-refractivity contribution < 1.29 is 23.8 Å². The van der Waals surface area contributed by atoms with Gasteiger partial charge < -0.3 is 19.5 Å². The summed E-state index contributed by atoms with van der Waals surface area (Å²) in [6.07, 6.45) is 3.18. The molecule has 4 rings (SSSR count). The van der Waals surface area contributed by atoms with Gasteiger partial charge >= 0.3 is 5.97 Å². The number of halogens is 1. The number of hydrogen-bond donors (Lipinski definition) is 1. The maximum atomic E-state index is 13.1. The van der Waals surface area contributed by atoms with Gasteiger partial charge in [0.15, 0.2) is 0 Å². The first kappa shape index (κ1) is 23.9. The topological polar surface area (TPSA) is 73.9 Å². The molecule has 2 aliphatic rings. The van der Waals surface area contributed by atoms with Gasteiger partial charge in [0.25, 0.3) is 0 Å². The lowest BCUT2D eigenvalue weighted by Crippen LogP contribution is -2.40. The third-order valence-electron chi connectivity index (χ3n) is 6.20. The predicted octanol–water partition coefficient (Wildman–Crippen LogP) is 5.31. The minimum atomic E-state index is -0.470. The molecule has 1 aliphatic carbocycles. The van der Waals surface area contributed by atoms with E-state index in [0.717, 1.165) is 16.8 Å². The van der Waals surface area contributed by atoms with Crippen LogP contribution < -0.4 is 14.8 Å². The number of Topliss-reactive ketones (excluding diaryl/α,β-unsaturated/α-hetero) is 1. The molecule has 178 valence electrons. The van der Waals surface area contributed by atoms with Crippen molar-refractivity contribution in [2.45, 2.75) is 39.2 Å². The molecule has 7 heteroatoms. The molecule has 0 aromatic heterocycles. The van der Waals surface area contributed by atoms with E-state index in [1.807, 2.05) is 37.3 Å². The van der Waals surface area contributed by atoms with Crippen LogP contribution in [0.1, 0.15) is 43.7 Å². The van der Waals surface area contributed by atoms with Crippen molar-refractivity contribution in [3.63, 3.8) is 0 Å². The number of benzene rings is 2. The van der Waals surface area contributed by atoms with Gasteiger partial charge in [0.1, 0.15) is 23.9 Å². The lowest BCUT2D eigenvalue weighted by atomic mass is 9.71. The van der Waals surface area contributed by atoms with Crippen molar-refractivity contribution in [3.05, 3.63) is 81.7 Å². The van der Waals surface area contributed by atoms with E-state index in [1.54, 1.807) is 26.2 Å². The summed E-state index contributed by atoms with van der Waals surface area (Å²) in [4.78, 5) is 26.1. The number of ether oxygens (including phenoxy) is 3. The summed E-state index contributed by atoms with van der Waals surface area (Å²) in [5.41, 5.74) is 3.63. The highest BCUT2D eigenvalue weighted by molar-refractivity contribution is 6.32. The average Bonchev–Trinajstić information content (AvgIpc) is 2.82. The number of carbonyl (C=O) groups excluding carboxylic acids is 2. The van der Waals surface area contributed by atoms with Crippen LogP contribution in [0.25, 0.3) is 0 Å². The molecule has 34 heavy (non-hydrogen) atoms. The van der Waals surface area contributed by atoms with E-state index in [1.165, 1.54) is 0 Å². The Hall–Kier alpha value is -3.25. The Kier molecular flexibility index (Phi) is 7.27. The molecule has 0 amide bonds. The van der Waals surface area contributed by atoms with Gasteiger partial charge in [0.2, 0.25) is 0 Å². The molecular weight excluding hydrogens is 454 g/mol. The molecule has 1 N–H and O–H groups in total. The molecule has 1 aliphatic heterocycles. The summed E-state index contributed by atoms with van der Waals surface area (Å²) in [5, 5.41) is 3.80. The number of hydrogen-bond acceptors (Lipinski definition) is 6. The Morgan fingerprint density at radius 3 is 2.68 bits per heavy atom. The lowest BCUT2D eigenvalue weighted by molar-refractivity contribution is -0.139. The van der Waals surface area contributed by atoms with Gasteiger partial charge in [-0.25, -0.2) is 4.79 Å². The average molecular weight is 482 g/mol. The van der Waals surface area contributed by atoms with Gasteiger partial charge in [0, 0.05) is 29.3 Å². The van der Waals surface area contributed by atoms with Crippen LogP contribution in [0.4, 0.5) is 0 Å². The van der Waals surface area contributed by atoms with Crippen molar-refractivity contribution in [2.24, 2.45) is 5.92 Å². The molecule has 0 spiro atoms. The Balaban J connectivity index is 1.77. The van der Waals surface area contributed by atoms with Gasteiger partial charge in [-0.05, 0) is 50.1 Å². The normalized spacial score (nSPS) is 19.6. The van der Waals surface area contributed by atoms with E-state index < -0.39 is 17.8 Å². The fraction of sp³-hybridized carbons (Fsp3) is 0.333. The van der Waals surface area contributed by atoms with Gasteiger partial charge in [-0.15, -0.1) is 0 Å². The Morgan fingerprint density at radius 2 is 1.94 bits per heavy atom. The first-order valence-corrected chi connectivity index (χ1v) is 11.7. The number of nitrogens with one attached hydrogen (secondary N) is 1. The number of esters is 1. The number of fused-ring (bicyclic) bond motifs is 1. The van der Waals surface area contributed by atoms with Gasteiger partial charge in [-0.1, -0.05) is 35.9 Å². The summed E-state index contributed by atoms with van der Waals surface area (Å²) < 4.78 is 16.9. The Bertz CT molecular complexity index is 1170. The molecule has 1 heterocycles. The number of ketones is 1. The maximum absolute atomic E-state index is 13.1. The largest absolute Gasteiger partial charge is 0.496 e. The second-order valence-electron chi connectivity index (χ2n) is 8.29. The van der Waals surface area contributed by atoms with Crippen LogP contribution in [-0.2, 0) is 20.9 Å². The van der Waals surface area contributed by atoms with Gasteiger partial charge in [0.05, 0.1) is 30.2 Å². The number of rotatable bonds is 7. The van der Waals surface area contributed by atoms with Crippen LogP contribution >= 0.6 is 11.6 Å². The standard InChI is InChI=1S/C27H28ClNO5/c1-4-33-27(31)24-16(2)29-20-9-7-10-21(30)26(20)25(24)17-12-13-22(32-3)18(14-17)15-34-23-11-6-5-8-19(23)28/h5-6,8-9,11-14,25-26,29H,4,7,10,15H2,1-3H3. The number of allylic oxidation sites excluding steroid dienone is 3. The molecule has 0 saturated carbocycles. The quantitative estimate of drug-likeness (QED) is 0.540. The van der Waals surface area contributed by atoms with E-state index in [2.05, 4.69) is 11.4 Å². The predicted molar refractivity (Wildman–Crippen MR) is 130 cm³/mol. The highest BCUT2D eigenvalue weighted by Gasteiger charge is 2.43. The summed E-state index contributed by atoms with van der Waals surface area (Å²) in [6, 6.07) is 12.9.